The highest BCUT2D eigenvalue weighted by Crippen LogP contribution is 2.31. The van der Waals surface area contributed by atoms with E-state index in [1.807, 2.05) is 56.3 Å². The third-order valence-corrected chi connectivity index (χ3v) is 5.22. The van der Waals surface area contributed by atoms with Gasteiger partial charge < -0.3 is 20.4 Å². The first-order valence-corrected chi connectivity index (χ1v) is 10.5. The molecule has 4 rings (SSSR count). The zero-order valence-electron chi connectivity index (χ0n) is 18.2. The number of nitrogens with one attached hydrogen (secondary N) is 3. The van der Waals surface area contributed by atoms with E-state index in [0.717, 1.165) is 29.1 Å². The van der Waals surface area contributed by atoms with Crippen LogP contribution < -0.4 is 16.0 Å². The Bertz CT molecular complexity index is 1080. The van der Waals surface area contributed by atoms with Gasteiger partial charge in [-0.2, -0.15) is 0 Å². The van der Waals surface area contributed by atoms with Gasteiger partial charge in [-0.05, 0) is 37.6 Å². The van der Waals surface area contributed by atoms with Crippen LogP contribution in [0.4, 0.5) is 5.69 Å². The Morgan fingerprint density at radius 2 is 1.97 bits per heavy atom. The zero-order chi connectivity index (χ0) is 21.6. The fraction of sp³-hybridized carbons (Fsp3) is 0.292. The normalized spacial score (nSPS) is 15.4. The molecule has 0 bridgehead atoms. The molecular formula is C24H28IN5O2. The highest BCUT2D eigenvalue weighted by Gasteiger charge is 2.24. The predicted octanol–water partition coefficient (Wildman–Crippen LogP) is 4.45. The van der Waals surface area contributed by atoms with Crippen molar-refractivity contribution >= 4 is 41.5 Å². The van der Waals surface area contributed by atoms with Gasteiger partial charge in [-0.15, -0.1) is 24.0 Å². The van der Waals surface area contributed by atoms with Gasteiger partial charge in [0.2, 0.25) is 11.8 Å². The van der Waals surface area contributed by atoms with Crippen molar-refractivity contribution in [1.82, 2.24) is 15.6 Å². The summed E-state index contributed by atoms with van der Waals surface area (Å²) in [6, 6.07) is 16.0. The largest absolute Gasteiger partial charge is 0.444 e. The quantitative estimate of drug-likeness (QED) is 0.242. The Balaban J connectivity index is 0.00000289. The van der Waals surface area contributed by atoms with Gasteiger partial charge in [-0.1, -0.05) is 35.9 Å². The second-order valence-electron chi connectivity index (χ2n) is 7.62. The lowest BCUT2D eigenvalue weighted by Crippen LogP contribution is -2.40. The van der Waals surface area contributed by atoms with Crippen LogP contribution in [0.25, 0.3) is 11.5 Å². The number of nitrogens with zero attached hydrogens (tertiary/aromatic N) is 2. The molecule has 8 heteroatoms. The molecule has 1 aliphatic rings. The van der Waals surface area contributed by atoms with E-state index in [2.05, 4.69) is 32.0 Å². The number of rotatable bonds is 6. The van der Waals surface area contributed by atoms with Crippen LogP contribution in [0, 0.1) is 6.92 Å². The first kappa shape index (κ1) is 23.8. The summed E-state index contributed by atoms with van der Waals surface area (Å²) < 4.78 is 5.62. The first-order valence-electron chi connectivity index (χ1n) is 10.5. The number of para-hydroxylation sites is 1. The maximum atomic E-state index is 12.1. The Hall–Kier alpha value is -2.88. The topological polar surface area (TPSA) is 91.6 Å². The number of amides is 1. The number of hydrogen-bond donors (Lipinski definition) is 3. The molecule has 7 nitrogen and oxygen atoms in total. The summed E-state index contributed by atoms with van der Waals surface area (Å²) in [5.41, 5.74) is 4.93. The Morgan fingerprint density at radius 3 is 2.75 bits per heavy atom. The summed E-state index contributed by atoms with van der Waals surface area (Å²) in [6.45, 7) is 5.82. The Labute approximate surface area is 205 Å². The predicted molar refractivity (Wildman–Crippen MR) is 137 cm³/mol. The molecule has 168 valence electrons. The van der Waals surface area contributed by atoms with E-state index >= 15 is 0 Å². The monoisotopic (exact) mass is 545 g/mol. The Morgan fingerprint density at radius 1 is 1.19 bits per heavy atom. The van der Waals surface area contributed by atoms with Gasteiger partial charge in [-0.3, -0.25) is 4.79 Å². The number of oxazole rings is 1. The fourth-order valence-corrected chi connectivity index (χ4v) is 3.61. The number of guanidine groups is 1. The van der Waals surface area contributed by atoms with Gasteiger partial charge in [0.25, 0.3) is 0 Å². The van der Waals surface area contributed by atoms with Crippen LogP contribution in [0.3, 0.4) is 0 Å². The minimum atomic E-state index is 0. The van der Waals surface area contributed by atoms with E-state index in [9.17, 15) is 4.79 Å². The number of aromatic nitrogens is 1. The molecule has 0 aliphatic carbocycles. The summed E-state index contributed by atoms with van der Waals surface area (Å²) >= 11 is 0. The van der Waals surface area contributed by atoms with Crippen molar-refractivity contribution in [2.24, 2.45) is 4.99 Å². The maximum absolute atomic E-state index is 12.1. The third-order valence-electron chi connectivity index (χ3n) is 5.22. The van der Waals surface area contributed by atoms with E-state index in [-0.39, 0.29) is 35.8 Å². The molecule has 3 aromatic rings. The van der Waals surface area contributed by atoms with Crippen molar-refractivity contribution in [3.05, 3.63) is 71.6 Å². The molecule has 1 atom stereocenters. The molecule has 3 N–H and O–H groups in total. The first-order chi connectivity index (χ1) is 15.1. The molecule has 1 amide bonds. The SMILES string of the molecule is CCNC(=NCc1coc(-c2ccc(C)cc2)n1)NCC1CC(=O)Nc2ccccc21.I. The van der Waals surface area contributed by atoms with Crippen LogP contribution in [-0.2, 0) is 11.3 Å². The molecule has 1 unspecified atom stereocenters. The van der Waals surface area contributed by atoms with Gasteiger partial charge in [0.05, 0.1) is 6.54 Å². The van der Waals surface area contributed by atoms with E-state index in [1.165, 1.54) is 5.56 Å². The van der Waals surface area contributed by atoms with Gasteiger partial charge in [-0.25, -0.2) is 9.98 Å². The van der Waals surface area contributed by atoms with E-state index in [1.54, 1.807) is 6.26 Å². The number of fused-ring (bicyclic) bond motifs is 1. The molecular weight excluding hydrogens is 517 g/mol. The number of anilines is 1. The van der Waals surface area contributed by atoms with Crippen molar-refractivity contribution in [2.75, 3.05) is 18.4 Å². The minimum Gasteiger partial charge on any atom is -0.444 e. The molecule has 1 aromatic heterocycles. The summed E-state index contributed by atoms with van der Waals surface area (Å²) in [7, 11) is 0. The molecule has 0 fully saturated rings. The van der Waals surface area contributed by atoms with Crippen LogP contribution in [0.5, 0.6) is 0 Å². The average Bonchev–Trinajstić information content (AvgIpc) is 3.25. The van der Waals surface area contributed by atoms with Gasteiger partial charge >= 0.3 is 0 Å². The molecule has 32 heavy (non-hydrogen) atoms. The molecule has 0 saturated carbocycles. The van der Waals surface area contributed by atoms with Gasteiger partial charge in [0.15, 0.2) is 5.96 Å². The summed E-state index contributed by atoms with van der Waals surface area (Å²) in [4.78, 5) is 21.2. The zero-order valence-corrected chi connectivity index (χ0v) is 20.6. The van der Waals surface area contributed by atoms with Gasteiger partial charge in [0, 0.05) is 36.7 Å². The second-order valence-corrected chi connectivity index (χ2v) is 7.62. The number of aryl methyl sites for hydroxylation is 1. The van der Waals surface area contributed by atoms with Crippen molar-refractivity contribution in [3.8, 4) is 11.5 Å². The maximum Gasteiger partial charge on any atom is 0.226 e. The van der Waals surface area contributed by atoms with Crippen molar-refractivity contribution in [2.45, 2.75) is 32.7 Å². The van der Waals surface area contributed by atoms with Crippen LogP contribution in [0.2, 0.25) is 0 Å². The standard InChI is InChI=1S/C24H27N5O2.HI/c1-3-25-24(26-13-18-12-22(30)29-21-7-5-4-6-20(18)21)27-14-19-15-31-23(28-19)17-10-8-16(2)9-11-17;/h4-11,15,18H,3,12-14H2,1-2H3,(H,29,30)(H2,25,26,27);1H. The number of benzene rings is 2. The van der Waals surface area contributed by atoms with Crippen LogP contribution in [0.1, 0.15) is 36.1 Å². The summed E-state index contributed by atoms with van der Waals surface area (Å²) in [6.07, 6.45) is 2.09. The van der Waals surface area contributed by atoms with Crippen molar-refractivity contribution in [1.29, 1.82) is 0 Å². The molecule has 0 radical (unpaired) electrons. The molecule has 0 spiro atoms. The smallest absolute Gasteiger partial charge is 0.226 e. The van der Waals surface area contributed by atoms with E-state index in [0.29, 0.717) is 31.4 Å². The molecule has 2 heterocycles. The molecule has 1 aliphatic heterocycles. The lowest BCUT2D eigenvalue weighted by Gasteiger charge is -2.26. The second kappa shape index (κ2) is 11.1. The summed E-state index contributed by atoms with van der Waals surface area (Å²) in [5, 5.41) is 9.56. The van der Waals surface area contributed by atoms with Crippen LogP contribution in [0.15, 0.2) is 64.2 Å². The van der Waals surface area contributed by atoms with Gasteiger partial charge in [0.1, 0.15) is 12.0 Å². The number of carbonyl (C=O) groups excluding carboxylic acids is 1. The molecule has 0 saturated heterocycles. The Kier molecular flexibility index (Phi) is 8.26. The van der Waals surface area contributed by atoms with Crippen molar-refractivity contribution < 1.29 is 9.21 Å². The van der Waals surface area contributed by atoms with Crippen LogP contribution in [-0.4, -0.2) is 29.9 Å². The summed E-state index contributed by atoms with van der Waals surface area (Å²) in [5.74, 6) is 1.41. The fourth-order valence-electron chi connectivity index (χ4n) is 3.61. The van der Waals surface area contributed by atoms with E-state index < -0.39 is 0 Å². The highest BCUT2D eigenvalue weighted by molar-refractivity contribution is 14.0. The van der Waals surface area contributed by atoms with Crippen molar-refractivity contribution in [3.63, 3.8) is 0 Å². The third kappa shape index (κ3) is 5.87. The lowest BCUT2D eigenvalue weighted by atomic mass is 9.90. The molecule has 2 aromatic carbocycles. The minimum absolute atomic E-state index is 0. The average molecular weight is 545 g/mol. The van der Waals surface area contributed by atoms with E-state index in [4.69, 9.17) is 4.42 Å². The number of hydrogen-bond acceptors (Lipinski definition) is 4. The number of aliphatic imine (C=N–C) groups is 1. The highest BCUT2D eigenvalue weighted by atomic mass is 127. The lowest BCUT2D eigenvalue weighted by molar-refractivity contribution is -0.116. The van der Waals surface area contributed by atoms with Crippen LogP contribution >= 0.6 is 24.0 Å². The number of halogens is 1. The number of carbonyl (C=O) groups is 1.